The van der Waals surface area contributed by atoms with Crippen molar-refractivity contribution in [1.29, 1.82) is 0 Å². The van der Waals surface area contributed by atoms with E-state index in [1.54, 1.807) is 0 Å². The van der Waals surface area contributed by atoms with Crippen LogP contribution >= 0.6 is 11.3 Å². The van der Waals surface area contributed by atoms with Crippen LogP contribution in [-0.2, 0) is 0 Å². The summed E-state index contributed by atoms with van der Waals surface area (Å²) in [6.45, 7) is 0. The maximum atomic E-state index is 2.50. The average Bonchev–Trinajstić information content (AvgIpc) is 3.95. The summed E-state index contributed by atoms with van der Waals surface area (Å²) in [5.41, 5.74) is 14.7. The van der Waals surface area contributed by atoms with Gasteiger partial charge in [-0.2, -0.15) is 0 Å². The van der Waals surface area contributed by atoms with Gasteiger partial charge in [0.2, 0.25) is 0 Å². The smallest absolute Gasteiger partial charge is 0.0547 e. The minimum atomic E-state index is 1.10. The van der Waals surface area contributed by atoms with Crippen LogP contribution in [0.4, 0.5) is 0 Å². The van der Waals surface area contributed by atoms with Crippen LogP contribution in [0, 0.1) is 0 Å². The highest BCUT2D eigenvalue weighted by Gasteiger charge is 2.22. The first kappa shape index (κ1) is 32.3. The molecule has 0 fully saturated rings. The van der Waals surface area contributed by atoms with Crippen molar-refractivity contribution in [3.05, 3.63) is 200 Å². The normalized spacial score (nSPS) is 13.2. The second kappa shape index (κ2) is 12.8. The molecule has 268 valence electrons. The standard InChI is InChI=1S/C54H36N2S/c1-3-15-35(16-4-1)36-29-31-37(32-30-36)45-33-39(34-46-40-19-9-12-28-51(40)57-54(45)46)56-48-25-11-8-21-44(48)53-42(23-14-27-50(53)56)41-22-13-26-49-52(41)43-20-7-10-24-47(43)55(49)38-17-5-2-6-18-38/h2-3,5-34H,1,4H2. The highest BCUT2D eigenvalue weighted by molar-refractivity contribution is 7.26. The molecule has 0 saturated carbocycles. The second-order valence-corrected chi connectivity index (χ2v) is 16.2. The van der Waals surface area contributed by atoms with E-state index in [-0.39, 0.29) is 0 Å². The van der Waals surface area contributed by atoms with Crippen molar-refractivity contribution in [2.24, 2.45) is 0 Å². The molecule has 1 aliphatic rings. The number of fused-ring (bicyclic) bond motifs is 9. The van der Waals surface area contributed by atoms with Crippen LogP contribution in [-0.4, -0.2) is 9.13 Å². The van der Waals surface area contributed by atoms with E-state index in [2.05, 4.69) is 203 Å². The van der Waals surface area contributed by atoms with Gasteiger partial charge in [-0.05, 0) is 95.3 Å². The summed E-state index contributed by atoms with van der Waals surface area (Å²) >= 11 is 1.90. The zero-order valence-corrected chi connectivity index (χ0v) is 32.0. The molecule has 0 atom stereocenters. The molecule has 1 aliphatic carbocycles. The van der Waals surface area contributed by atoms with Crippen molar-refractivity contribution >= 4 is 80.7 Å². The number of hydrogen-bond acceptors (Lipinski definition) is 1. The van der Waals surface area contributed by atoms with Gasteiger partial charge in [-0.15, -0.1) is 11.3 Å². The number of rotatable bonds is 5. The van der Waals surface area contributed by atoms with E-state index < -0.39 is 0 Å². The molecule has 8 aromatic carbocycles. The highest BCUT2D eigenvalue weighted by atomic mass is 32.1. The molecule has 3 heterocycles. The van der Waals surface area contributed by atoms with Crippen molar-refractivity contribution in [2.75, 3.05) is 0 Å². The van der Waals surface area contributed by atoms with Gasteiger partial charge in [-0.25, -0.2) is 0 Å². The molecule has 11 aromatic rings. The molecule has 3 heteroatoms. The van der Waals surface area contributed by atoms with E-state index >= 15 is 0 Å². The molecule has 0 amide bonds. The number of hydrogen-bond donors (Lipinski definition) is 0. The van der Waals surface area contributed by atoms with E-state index in [9.17, 15) is 0 Å². The van der Waals surface area contributed by atoms with E-state index in [1.807, 2.05) is 11.3 Å². The third kappa shape index (κ3) is 4.96. The summed E-state index contributed by atoms with van der Waals surface area (Å²) in [5.74, 6) is 0. The topological polar surface area (TPSA) is 9.86 Å². The van der Waals surface area contributed by atoms with Crippen LogP contribution in [0.15, 0.2) is 194 Å². The second-order valence-electron chi connectivity index (χ2n) is 15.1. The Balaban J connectivity index is 1.13. The zero-order chi connectivity index (χ0) is 37.5. The largest absolute Gasteiger partial charge is 0.309 e. The Morgan fingerprint density at radius 3 is 1.65 bits per heavy atom. The predicted octanol–water partition coefficient (Wildman–Crippen LogP) is 15.3. The van der Waals surface area contributed by atoms with E-state index in [4.69, 9.17) is 0 Å². The lowest BCUT2D eigenvalue weighted by atomic mass is 9.95. The minimum absolute atomic E-state index is 1.10. The number of aromatic nitrogens is 2. The van der Waals surface area contributed by atoms with Gasteiger partial charge in [-0.1, -0.05) is 140 Å². The summed E-state index contributed by atoms with van der Waals surface area (Å²) in [6, 6.07) is 65.2. The lowest BCUT2D eigenvalue weighted by Crippen LogP contribution is -1.95. The van der Waals surface area contributed by atoms with E-state index in [0.29, 0.717) is 0 Å². The summed E-state index contributed by atoms with van der Waals surface area (Å²) in [6.07, 6.45) is 9.13. The quantitative estimate of drug-likeness (QED) is 0.166. The van der Waals surface area contributed by atoms with Crippen LogP contribution in [0.2, 0.25) is 0 Å². The van der Waals surface area contributed by atoms with Crippen LogP contribution < -0.4 is 0 Å². The Morgan fingerprint density at radius 1 is 0.404 bits per heavy atom. The van der Waals surface area contributed by atoms with Gasteiger partial charge in [0.1, 0.15) is 0 Å². The summed E-state index contributed by atoms with van der Waals surface area (Å²) in [4.78, 5) is 0. The molecular weight excluding hydrogens is 709 g/mol. The monoisotopic (exact) mass is 744 g/mol. The number of allylic oxidation sites excluding steroid dienone is 4. The molecule has 0 bridgehead atoms. The summed E-state index contributed by atoms with van der Waals surface area (Å²) in [7, 11) is 0. The van der Waals surface area contributed by atoms with Gasteiger partial charge in [0.15, 0.2) is 0 Å². The van der Waals surface area contributed by atoms with Gasteiger partial charge in [0, 0.05) is 58.7 Å². The first-order valence-electron chi connectivity index (χ1n) is 19.8. The fraction of sp³-hybridized carbons (Fsp3) is 0.0370. The van der Waals surface area contributed by atoms with Crippen LogP contribution in [0.25, 0.3) is 103 Å². The van der Waals surface area contributed by atoms with Crippen molar-refractivity contribution in [1.82, 2.24) is 9.13 Å². The Morgan fingerprint density at radius 2 is 0.982 bits per heavy atom. The van der Waals surface area contributed by atoms with E-state index in [1.165, 1.54) is 109 Å². The zero-order valence-electron chi connectivity index (χ0n) is 31.2. The fourth-order valence-electron chi connectivity index (χ4n) is 9.45. The maximum absolute atomic E-state index is 2.50. The lowest BCUT2D eigenvalue weighted by molar-refractivity contribution is 1.04. The molecule has 57 heavy (non-hydrogen) atoms. The SMILES string of the molecule is C1=CC(c2ccc(-c3cc(-n4c5ccccc5c5c(-c6cccc7c6c6ccccc6n7-c6ccccc6)cccc54)cc4c3sc3ccccc34)cc2)=CCC1. The number of benzene rings is 8. The Hall–Kier alpha value is -6.94. The van der Waals surface area contributed by atoms with Gasteiger partial charge < -0.3 is 9.13 Å². The molecule has 12 rings (SSSR count). The van der Waals surface area contributed by atoms with Crippen molar-refractivity contribution in [3.63, 3.8) is 0 Å². The average molecular weight is 745 g/mol. The third-order valence-electron chi connectivity index (χ3n) is 11.9. The lowest BCUT2D eigenvalue weighted by Gasteiger charge is -2.14. The fourth-order valence-corrected chi connectivity index (χ4v) is 10.7. The molecule has 2 nitrogen and oxygen atoms in total. The van der Waals surface area contributed by atoms with Gasteiger partial charge in [0.25, 0.3) is 0 Å². The van der Waals surface area contributed by atoms with Crippen molar-refractivity contribution in [3.8, 4) is 33.6 Å². The van der Waals surface area contributed by atoms with Crippen LogP contribution in [0.1, 0.15) is 18.4 Å². The Bertz CT molecular complexity index is 3440. The number of thiophene rings is 1. The van der Waals surface area contributed by atoms with Crippen LogP contribution in [0.5, 0.6) is 0 Å². The molecule has 0 unspecified atom stereocenters. The molecule has 0 N–H and O–H groups in total. The molecule has 3 aromatic heterocycles. The molecule has 0 aliphatic heterocycles. The van der Waals surface area contributed by atoms with Crippen molar-refractivity contribution < 1.29 is 0 Å². The van der Waals surface area contributed by atoms with Gasteiger partial charge in [-0.3, -0.25) is 0 Å². The molecule has 0 spiro atoms. The first-order valence-corrected chi connectivity index (χ1v) is 20.7. The first-order chi connectivity index (χ1) is 28.3. The highest BCUT2D eigenvalue weighted by Crippen LogP contribution is 2.46. The predicted molar refractivity (Wildman–Crippen MR) is 245 cm³/mol. The Labute approximate surface area is 334 Å². The van der Waals surface area contributed by atoms with Crippen molar-refractivity contribution in [2.45, 2.75) is 12.8 Å². The van der Waals surface area contributed by atoms with Gasteiger partial charge in [0.05, 0.1) is 22.1 Å². The number of nitrogens with zero attached hydrogens (tertiary/aromatic N) is 2. The minimum Gasteiger partial charge on any atom is -0.309 e. The molecule has 0 radical (unpaired) electrons. The van der Waals surface area contributed by atoms with Crippen LogP contribution in [0.3, 0.4) is 0 Å². The Kier molecular flexibility index (Phi) is 7.26. The number of para-hydroxylation sites is 3. The molecule has 0 saturated heterocycles. The summed E-state index contributed by atoms with van der Waals surface area (Å²) < 4.78 is 7.55. The van der Waals surface area contributed by atoms with E-state index in [0.717, 1.165) is 12.8 Å². The molecular formula is C54H36N2S. The third-order valence-corrected chi connectivity index (χ3v) is 13.2. The van der Waals surface area contributed by atoms with Gasteiger partial charge >= 0.3 is 0 Å². The summed E-state index contributed by atoms with van der Waals surface area (Å²) in [5, 5.41) is 7.66. The maximum Gasteiger partial charge on any atom is 0.0547 e.